The smallest absolute Gasteiger partial charge is 0.245 e. The number of carbonyl (C=O) groups excluding carboxylic acids is 1. The van der Waals surface area contributed by atoms with Gasteiger partial charge in [-0.25, -0.2) is 4.99 Å². The second-order valence-electron chi connectivity index (χ2n) is 4.81. The molecule has 0 amide bonds. The van der Waals surface area contributed by atoms with Crippen molar-refractivity contribution in [2.24, 2.45) is 4.99 Å². The van der Waals surface area contributed by atoms with E-state index >= 15 is 0 Å². The van der Waals surface area contributed by atoms with Gasteiger partial charge in [0.2, 0.25) is 5.12 Å². The molecule has 0 spiro atoms. The number of fused-ring (bicyclic) bond motifs is 1. The highest BCUT2D eigenvalue weighted by Gasteiger charge is 2.23. The number of benzene rings is 2. The molecular weight excluding hydrogens is 330 g/mol. The van der Waals surface area contributed by atoms with E-state index in [9.17, 15) is 4.79 Å². The van der Waals surface area contributed by atoms with E-state index < -0.39 is 0 Å². The van der Waals surface area contributed by atoms with Gasteiger partial charge in [-0.15, -0.1) is 0 Å². The molecule has 1 aliphatic heterocycles. The van der Waals surface area contributed by atoms with E-state index in [2.05, 4.69) is 4.99 Å². The standard InChI is InChI=1S/C18H14ClNO2S/c1-2-22-11-15-18(21)23-16-9-8-13(19)10-14(16)17(20-15)12-6-4-3-5-7-12/h3-11H,2H2,1H3/b15-11+. The minimum absolute atomic E-state index is 0.145. The molecule has 2 aromatic carbocycles. The van der Waals surface area contributed by atoms with Gasteiger partial charge in [-0.1, -0.05) is 41.9 Å². The van der Waals surface area contributed by atoms with Crippen LogP contribution in [0.15, 0.2) is 70.4 Å². The van der Waals surface area contributed by atoms with Crippen LogP contribution in [0.25, 0.3) is 0 Å². The molecule has 116 valence electrons. The van der Waals surface area contributed by atoms with Gasteiger partial charge in [-0.2, -0.15) is 0 Å². The van der Waals surface area contributed by atoms with Crippen LogP contribution in [0.5, 0.6) is 0 Å². The predicted molar refractivity (Wildman–Crippen MR) is 94.1 cm³/mol. The summed E-state index contributed by atoms with van der Waals surface area (Å²) in [6.45, 7) is 2.35. The van der Waals surface area contributed by atoms with Gasteiger partial charge in [-0.05, 0) is 36.9 Å². The Morgan fingerprint density at radius 2 is 2.00 bits per heavy atom. The molecule has 1 aliphatic rings. The molecule has 0 N–H and O–H groups in total. The van der Waals surface area contributed by atoms with Crippen molar-refractivity contribution >= 4 is 34.2 Å². The number of aliphatic imine (C=N–C) groups is 1. The molecule has 0 atom stereocenters. The maximum absolute atomic E-state index is 12.4. The zero-order valence-electron chi connectivity index (χ0n) is 12.5. The Kier molecular flexibility index (Phi) is 4.84. The number of ether oxygens (including phenoxy) is 1. The van der Waals surface area contributed by atoms with E-state index in [0.29, 0.717) is 23.0 Å². The van der Waals surface area contributed by atoms with Crippen LogP contribution >= 0.6 is 23.4 Å². The van der Waals surface area contributed by atoms with Crippen molar-refractivity contribution in [1.29, 1.82) is 0 Å². The fourth-order valence-corrected chi connectivity index (χ4v) is 3.18. The highest BCUT2D eigenvalue weighted by molar-refractivity contribution is 8.14. The molecule has 0 radical (unpaired) electrons. The van der Waals surface area contributed by atoms with Crippen LogP contribution in [0.3, 0.4) is 0 Å². The number of hydrogen-bond donors (Lipinski definition) is 0. The SMILES string of the molecule is CCO/C=C1/N=C(c2ccccc2)c2cc(Cl)ccc2SC1=O. The van der Waals surface area contributed by atoms with Gasteiger partial charge in [0.05, 0.1) is 12.3 Å². The van der Waals surface area contributed by atoms with Gasteiger partial charge >= 0.3 is 0 Å². The molecule has 23 heavy (non-hydrogen) atoms. The van der Waals surface area contributed by atoms with Crippen molar-refractivity contribution in [3.63, 3.8) is 0 Å². The predicted octanol–water partition coefficient (Wildman–Crippen LogP) is 4.69. The molecule has 3 nitrogen and oxygen atoms in total. The maximum atomic E-state index is 12.4. The first-order chi connectivity index (χ1) is 11.2. The van der Waals surface area contributed by atoms with Crippen LogP contribution in [-0.4, -0.2) is 17.4 Å². The molecule has 0 saturated heterocycles. The number of thioether (sulfide) groups is 1. The van der Waals surface area contributed by atoms with Gasteiger partial charge in [0, 0.05) is 21.0 Å². The average molecular weight is 344 g/mol. The second-order valence-corrected chi connectivity index (χ2v) is 6.27. The number of hydrogen-bond acceptors (Lipinski definition) is 4. The van der Waals surface area contributed by atoms with Crippen LogP contribution in [0.4, 0.5) is 0 Å². The Bertz CT molecular complexity index is 800. The third-order valence-corrected chi connectivity index (χ3v) is 4.46. The van der Waals surface area contributed by atoms with E-state index in [1.165, 1.54) is 6.26 Å². The molecule has 0 unspecified atom stereocenters. The summed E-state index contributed by atoms with van der Waals surface area (Å²) in [6.07, 6.45) is 1.42. The maximum Gasteiger partial charge on any atom is 0.245 e. The molecular formula is C18H14ClNO2S. The molecule has 0 aromatic heterocycles. The number of carbonyl (C=O) groups is 1. The minimum Gasteiger partial charge on any atom is -0.499 e. The molecule has 1 heterocycles. The largest absolute Gasteiger partial charge is 0.499 e. The molecule has 3 rings (SSSR count). The number of rotatable bonds is 3. The van der Waals surface area contributed by atoms with E-state index in [1.807, 2.05) is 49.4 Å². The lowest BCUT2D eigenvalue weighted by Gasteiger charge is -2.09. The average Bonchev–Trinajstić information content (AvgIpc) is 2.70. The van der Waals surface area contributed by atoms with Crippen LogP contribution < -0.4 is 0 Å². The summed E-state index contributed by atoms with van der Waals surface area (Å²) in [7, 11) is 0. The summed E-state index contributed by atoms with van der Waals surface area (Å²) in [4.78, 5) is 17.8. The van der Waals surface area contributed by atoms with Gasteiger partial charge in [0.25, 0.3) is 0 Å². The summed E-state index contributed by atoms with van der Waals surface area (Å²) >= 11 is 7.29. The van der Waals surface area contributed by atoms with Crippen molar-refractivity contribution in [2.75, 3.05) is 6.61 Å². The molecule has 0 saturated carbocycles. The molecule has 5 heteroatoms. The van der Waals surface area contributed by atoms with Crippen molar-refractivity contribution in [2.45, 2.75) is 11.8 Å². The Labute approximate surface area is 144 Å². The summed E-state index contributed by atoms with van der Waals surface area (Å²) in [5.41, 5.74) is 2.78. The summed E-state index contributed by atoms with van der Waals surface area (Å²) < 4.78 is 5.28. The minimum atomic E-state index is -0.145. The van der Waals surface area contributed by atoms with Crippen molar-refractivity contribution in [3.05, 3.63) is 76.6 Å². The van der Waals surface area contributed by atoms with Crippen LogP contribution in [0, 0.1) is 0 Å². The first kappa shape index (κ1) is 15.8. The first-order valence-electron chi connectivity index (χ1n) is 7.17. The van der Waals surface area contributed by atoms with Crippen LogP contribution in [-0.2, 0) is 9.53 Å². The highest BCUT2D eigenvalue weighted by atomic mass is 35.5. The topological polar surface area (TPSA) is 38.7 Å². The van der Waals surface area contributed by atoms with Gasteiger partial charge < -0.3 is 4.74 Å². The zero-order chi connectivity index (χ0) is 16.2. The third-order valence-electron chi connectivity index (χ3n) is 3.25. The van der Waals surface area contributed by atoms with Crippen molar-refractivity contribution < 1.29 is 9.53 Å². The van der Waals surface area contributed by atoms with Gasteiger partial charge in [-0.3, -0.25) is 4.79 Å². The van der Waals surface area contributed by atoms with Crippen molar-refractivity contribution in [3.8, 4) is 0 Å². The Hall–Kier alpha value is -2.04. The Morgan fingerprint density at radius 1 is 1.22 bits per heavy atom. The van der Waals surface area contributed by atoms with E-state index in [4.69, 9.17) is 16.3 Å². The van der Waals surface area contributed by atoms with Crippen LogP contribution in [0.1, 0.15) is 18.1 Å². The highest BCUT2D eigenvalue weighted by Crippen LogP contribution is 2.34. The Balaban J connectivity index is 2.21. The summed E-state index contributed by atoms with van der Waals surface area (Å²) in [5, 5.41) is 0.464. The normalized spacial score (nSPS) is 15.8. The summed E-state index contributed by atoms with van der Waals surface area (Å²) in [6, 6.07) is 15.2. The van der Waals surface area contributed by atoms with E-state index in [-0.39, 0.29) is 5.12 Å². The zero-order valence-corrected chi connectivity index (χ0v) is 14.0. The molecule has 2 aromatic rings. The molecule has 0 aliphatic carbocycles. The first-order valence-corrected chi connectivity index (χ1v) is 8.36. The quantitative estimate of drug-likeness (QED) is 0.599. The number of nitrogens with zero attached hydrogens (tertiary/aromatic N) is 1. The lowest BCUT2D eigenvalue weighted by Crippen LogP contribution is -2.04. The van der Waals surface area contributed by atoms with Gasteiger partial charge in [0.15, 0.2) is 5.70 Å². The van der Waals surface area contributed by atoms with E-state index in [1.54, 1.807) is 6.07 Å². The van der Waals surface area contributed by atoms with Crippen molar-refractivity contribution in [1.82, 2.24) is 0 Å². The third kappa shape index (κ3) is 3.49. The second kappa shape index (κ2) is 7.02. The lowest BCUT2D eigenvalue weighted by molar-refractivity contribution is -0.108. The fourth-order valence-electron chi connectivity index (χ4n) is 2.21. The number of halogens is 1. The Morgan fingerprint density at radius 3 is 2.74 bits per heavy atom. The van der Waals surface area contributed by atoms with Gasteiger partial charge in [0.1, 0.15) is 6.26 Å². The molecule has 0 fully saturated rings. The molecule has 0 bridgehead atoms. The summed E-state index contributed by atoms with van der Waals surface area (Å²) in [5.74, 6) is 0. The van der Waals surface area contributed by atoms with Crippen LogP contribution in [0.2, 0.25) is 5.02 Å². The lowest BCUT2D eigenvalue weighted by atomic mass is 10.0. The fraction of sp³-hybridized carbons (Fsp3) is 0.111. The van der Waals surface area contributed by atoms with E-state index in [0.717, 1.165) is 27.8 Å². The monoisotopic (exact) mass is 343 g/mol.